The summed E-state index contributed by atoms with van der Waals surface area (Å²) in [6.07, 6.45) is 1.46. The van der Waals surface area contributed by atoms with Gasteiger partial charge in [-0.2, -0.15) is 0 Å². The Hall–Kier alpha value is -4.26. The Kier molecular flexibility index (Phi) is 4.78. The summed E-state index contributed by atoms with van der Waals surface area (Å²) in [5.74, 6) is -0.720. The number of Topliss-reactive ketones (excluding diaryl/α,β-unsaturated/α-hetero) is 1. The molecule has 32 heavy (non-hydrogen) atoms. The first-order valence-electron chi connectivity index (χ1n) is 10.0. The van der Waals surface area contributed by atoms with Crippen molar-refractivity contribution in [3.05, 3.63) is 101 Å². The topological polar surface area (TPSA) is 93.1 Å². The van der Waals surface area contributed by atoms with Crippen LogP contribution in [0, 0.1) is 0 Å². The highest BCUT2D eigenvalue weighted by atomic mass is 16.5. The molecular formula is C25H19NO6. The van der Waals surface area contributed by atoms with Crippen LogP contribution < -0.4 is 4.74 Å². The molecule has 2 aromatic carbocycles. The van der Waals surface area contributed by atoms with E-state index in [-0.39, 0.29) is 17.9 Å². The summed E-state index contributed by atoms with van der Waals surface area (Å²) >= 11 is 0. The highest BCUT2D eigenvalue weighted by Crippen LogP contribution is 2.40. The lowest BCUT2D eigenvalue weighted by Crippen LogP contribution is -2.30. The van der Waals surface area contributed by atoms with Gasteiger partial charge in [0, 0.05) is 11.9 Å². The van der Waals surface area contributed by atoms with Gasteiger partial charge in [-0.15, -0.1) is 0 Å². The Bertz CT molecular complexity index is 1300. The summed E-state index contributed by atoms with van der Waals surface area (Å²) in [7, 11) is 1.57. The van der Waals surface area contributed by atoms with Crippen LogP contribution in [-0.2, 0) is 11.3 Å². The summed E-state index contributed by atoms with van der Waals surface area (Å²) in [6, 6.07) is 18.5. The Labute approximate surface area is 183 Å². The predicted molar refractivity (Wildman–Crippen MR) is 115 cm³/mol. The SMILES string of the molecule is COc1ccc(CN2C(=O)C(O)=C(C(=O)c3cc4ccccc4o3)C2c2ccco2)cc1. The third-order valence-electron chi connectivity index (χ3n) is 5.52. The van der Waals surface area contributed by atoms with Crippen LogP contribution in [-0.4, -0.2) is 28.8 Å². The number of nitrogens with zero attached hydrogens (tertiary/aromatic N) is 1. The molecule has 3 heterocycles. The van der Waals surface area contributed by atoms with E-state index in [1.54, 1.807) is 49.6 Å². The van der Waals surface area contributed by atoms with Gasteiger partial charge in [-0.25, -0.2) is 0 Å². The van der Waals surface area contributed by atoms with Gasteiger partial charge >= 0.3 is 0 Å². The van der Waals surface area contributed by atoms with Gasteiger partial charge in [-0.05, 0) is 42.0 Å². The lowest BCUT2D eigenvalue weighted by molar-refractivity contribution is -0.130. The number of fused-ring (bicyclic) bond motifs is 1. The molecule has 4 aromatic rings. The van der Waals surface area contributed by atoms with Crippen LogP contribution in [0.15, 0.2) is 93.2 Å². The van der Waals surface area contributed by atoms with Crippen molar-refractivity contribution in [2.24, 2.45) is 0 Å². The number of furan rings is 2. The number of ether oxygens (including phenoxy) is 1. The van der Waals surface area contributed by atoms with E-state index in [4.69, 9.17) is 13.6 Å². The van der Waals surface area contributed by atoms with Gasteiger partial charge in [0.1, 0.15) is 23.1 Å². The molecule has 1 aliphatic heterocycles. The van der Waals surface area contributed by atoms with E-state index in [0.717, 1.165) is 10.9 Å². The number of aliphatic hydroxyl groups excluding tert-OH is 1. The molecule has 0 saturated carbocycles. The number of ketones is 1. The molecule has 2 aromatic heterocycles. The zero-order valence-electron chi connectivity index (χ0n) is 17.1. The summed E-state index contributed by atoms with van der Waals surface area (Å²) in [5, 5.41) is 11.5. The van der Waals surface area contributed by atoms with Crippen LogP contribution in [0.1, 0.15) is 27.9 Å². The van der Waals surface area contributed by atoms with Crippen molar-refractivity contribution >= 4 is 22.7 Å². The fourth-order valence-electron chi connectivity index (χ4n) is 3.95. The predicted octanol–water partition coefficient (Wildman–Crippen LogP) is 4.81. The Morgan fingerprint density at radius 1 is 1.09 bits per heavy atom. The fraction of sp³-hybridized carbons (Fsp3) is 0.120. The molecule has 0 radical (unpaired) electrons. The lowest BCUT2D eigenvalue weighted by atomic mass is 9.99. The first-order chi connectivity index (χ1) is 15.6. The Morgan fingerprint density at radius 3 is 2.56 bits per heavy atom. The molecular weight excluding hydrogens is 410 g/mol. The average molecular weight is 429 g/mol. The number of rotatable bonds is 6. The van der Waals surface area contributed by atoms with Gasteiger partial charge in [0.25, 0.3) is 5.91 Å². The van der Waals surface area contributed by atoms with E-state index in [0.29, 0.717) is 17.1 Å². The Balaban J connectivity index is 1.54. The standard InChI is InChI=1S/C25H19NO6/c1-30-17-10-8-15(9-11-17)14-26-22(19-7-4-12-31-19)21(24(28)25(26)29)23(27)20-13-16-5-2-3-6-18(16)32-20/h2-13,22,28H,14H2,1H3. The minimum absolute atomic E-state index is 0.0448. The normalized spacial score (nSPS) is 16.2. The molecule has 1 unspecified atom stereocenters. The zero-order valence-corrected chi connectivity index (χ0v) is 17.1. The molecule has 1 aliphatic rings. The number of hydrogen-bond donors (Lipinski definition) is 1. The smallest absolute Gasteiger partial charge is 0.290 e. The molecule has 7 heteroatoms. The maximum atomic E-state index is 13.4. The van der Waals surface area contributed by atoms with E-state index in [9.17, 15) is 14.7 Å². The second-order valence-electron chi connectivity index (χ2n) is 7.44. The fourth-order valence-corrected chi connectivity index (χ4v) is 3.95. The van der Waals surface area contributed by atoms with Gasteiger partial charge in [-0.3, -0.25) is 9.59 Å². The van der Waals surface area contributed by atoms with E-state index in [2.05, 4.69) is 0 Å². The molecule has 0 aliphatic carbocycles. The highest BCUT2D eigenvalue weighted by molar-refractivity contribution is 6.15. The number of carbonyl (C=O) groups is 2. The van der Waals surface area contributed by atoms with Gasteiger partial charge in [0.15, 0.2) is 11.5 Å². The summed E-state index contributed by atoms with van der Waals surface area (Å²) in [5.41, 5.74) is 1.28. The van der Waals surface area contributed by atoms with E-state index in [1.807, 2.05) is 24.3 Å². The molecule has 160 valence electrons. The first-order valence-corrected chi connectivity index (χ1v) is 10.0. The van der Waals surface area contributed by atoms with Crippen molar-refractivity contribution in [1.29, 1.82) is 0 Å². The molecule has 1 atom stereocenters. The van der Waals surface area contributed by atoms with E-state index >= 15 is 0 Å². The largest absolute Gasteiger partial charge is 0.503 e. The van der Waals surface area contributed by atoms with Gasteiger partial charge < -0.3 is 23.6 Å². The van der Waals surface area contributed by atoms with Gasteiger partial charge in [0.2, 0.25) is 5.78 Å². The number of aliphatic hydroxyl groups is 1. The van der Waals surface area contributed by atoms with E-state index < -0.39 is 23.5 Å². The number of hydrogen-bond acceptors (Lipinski definition) is 6. The second kappa shape index (κ2) is 7.77. The monoisotopic (exact) mass is 429 g/mol. The van der Waals surface area contributed by atoms with E-state index in [1.165, 1.54) is 11.2 Å². The van der Waals surface area contributed by atoms with Crippen LogP contribution in [0.5, 0.6) is 5.75 Å². The highest BCUT2D eigenvalue weighted by Gasteiger charge is 2.45. The van der Waals surface area contributed by atoms with Crippen LogP contribution in [0.4, 0.5) is 0 Å². The first kappa shape index (κ1) is 19.7. The molecule has 1 N–H and O–H groups in total. The molecule has 1 amide bonds. The number of amides is 1. The molecule has 5 rings (SSSR count). The summed E-state index contributed by atoms with van der Waals surface area (Å²) in [4.78, 5) is 27.8. The maximum absolute atomic E-state index is 13.4. The minimum Gasteiger partial charge on any atom is -0.503 e. The Morgan fingerprint density at radius 2 is 1.88 bits per heavy atom. The average Bonchev–Trinajstić information content (AvgIpc) is 3.54. The van der Waals surface area contributed by atoms with Crippen LogP contribution in [0.25, 0.3) is 11.0 Å². The molecule has 0 saturated heterocycles. The third kappa shape index (κ3) is 3.24. The van der Waals surface area contributed by atoms with Crippen molar-refractivity contribution in [1.82, 2.24) is 4.90 Å². The second-order valence-corrected chi connectivity index (χ2v) is 7.44. The third-order valence-corrected chi connectivity index (χ3v) is 5.52. The number of methoxy groups -OCH3 is 1. The van der Waals surface area contributed by atoms with Crippen molar-refractivity contribution in [2.45, 2.75) is 12.6 Å². The van der Waals surface area contributed by atoms with Gasteiger partial charge in [-0.1, -0.05) is 30.3 Å². The van der Waals surface area contributed by atoms with Crippen molar-refractivity contribution in [2.75, 3.05) is 7.11 Å². The lowest BCUT2D eigenvalue weighted by Gasteiger charge is -2.24. The maximum Gasteiger partial charge on any atom is 0.290 e. The summed E-state index contributed by atoms with van der Waals surface area (Å²) < 4.78 is 16.4. The van der Waals surface area contributed by atoms with Crippen LogP contribution in [0.3, 0.4) is 0 Å². The zero-order chi connectivity index (χ0) is 22.2. The molecule has 0 spiro atoms. The van der Waals surface area contributed by atoms with Crippen LogP contribution in [0.2, 0.25) is 0 Å². The van der Waals surface area contributed by atoms with Crippen LogP contribution >= 0.6 is 0 Å². The van der Waals surface area contributed by atoms with Crippen molar-refractivity contribution in [3.8, 4) is 5.75 Å². The van der Waals surface area contributed by atoms with Crippen molar-refractivity contribution in [3.63, 3.8) is 0 Å². The van der Waals surface area contributed by atoms with Crippen molar-refractivity contribution < 1.29 is 28.3 Å². The number of para-hydroxylation sites is 1. The molecule has 0 fully saturated rings. The van der Waals surface area contributed by atoms with Gasteiger partial charge in [0.05, 0.1) is 18.9 Å². The number of benzene rings is 2. The minimum atomic E-state index is -0.889. The molecule has 7 nitrogen and oxygen atoms in total. The molecule has 0 bridgehead atoms. The quantitative estimate of drug-likeness (QED) is 0.442. The summed E-state index contributed by atoms with van der Waals surface area (Å²) in [6.45, 7) is 0.162. The number of carbonyl (C=O) groups excluding carboxylic acids is 2.